The fraction of sp³-hybridized carbons (Fsp3) is 0.0625. The number of hydrogen-bond acceptors (Lipinski definition) is 1. The van der Waals surface area contributed by atoms with Gasteiger partial charge in [-0.25, -0.2) is 4.79 Å². The van der Waals surface area contributed by atoms with Crippen LogP contribution in [0, 0.1) is 0 Å². The van der Waals surface area contributed by atoms with Crippen LogP contribution in [0.5, 0.6) is 0 Å². The third-order valence-electron chi connectivity index (χ3n) is 2.62. The highest BCUT2D eigenvalue weighted by molar-refractivity contribution is 5.85. The molecule has 0 spiro atoms. The number of carboxylic acids is 1. The molecule has 0 amide bonds. The van der Waals surface area contributed by atoms with Crippen LogP contribution in [-0.2, 0) is 11.2 Å². The molecule has 0 aromatic heterocycles. The van der Waals surface area contributed by atoms with Crippen LogP contribution < -0.4 is 0 Å². The lowest BCUT2D eigenvalue weighted by Crippen LogP contribution is -1.89. The smallest absolute Gasteiger partial charge is 0.328 e. The molecule has 90 valence electrons. The summed E-state index contributed by atoms with van der Waals surface area (Å²) in [5.41, 5.74) is 3.33. The van der Waals surface area contributed by atoms with E-state index in [0.29, 0.717) is 0 Å². The number of benzene rings is 2. The van der Waals surface area contributed by atoms with E-state index < -0.39 is 5.97 Å². The topological polar surface area (TPSA) is 37.3 Å². The predicted octanol–water partition coefficient (Wildman–Crippen LogP) is 3.38. The Kier molecular flexibility index (Phi) is 3.92. The van der Waals surface area contributed by atoms with Gasteiger partial charge in [-0.2, -0.15) is 0 Å². The van der Waals surface area contributed by atoms with Crippen molar-refractivity contribution < 1.29 is 9.90 Å². The number of aliphatic carboxylic acids is 1. The zero-order valence-corrected chi connectivity index (χ0v) is 9.91. The zero-order valence-electron chi connectivity index (χ0n) is 9.91. The summed E-state index contributed by atoms with van der Waals surface area (Å²) in [7, 11) is 0. The van der Waals surface area contributed by atoms with Crippen molar-refractivity contribution in [1.82, 2.24) is 0 Å². The summed E-state index contributed by atoms with van der Waals surface area (Å²) < 4.78 is 0. The van der Waals surface area contributed by atoms with Gasteiger partial charge in [0.05, 0.1) is 0 Å². The van der Waals surface area contributed by atoms with E-state index in [1.807, 2.05) is 42.5 Å². The van der Waals surface area contributed by atoms with E-state index >= 15 is 0 Å². The minimum Gasteiger partial charge on any atom is -0.478 e. The first-order valence-corrected chi connectivity index (χ1v) is 5.78. The fourth-order valence-corrected chi connectivity index (χ4v) is 1.81. The number of carbonyl (C=O) groups is 1. The van der Waals surface area contributed by atoms with E-state index in [-0.39, 0.29) is 0 Å². The first-order valence-electron chi connectivity index (χ1n) is 5.78. The largest absolute Gasteiger partial charge is 0.478 e. The molecule has 2 aromatic carbocycles. The van der Waals surface area contributed by atoms with E-state index in [1.165, 1.54) is 11.1 Å². The average Bonchev–Trinajstić information content (AvgIpc) is 2.38. The van der Waals surface area contributed by atoms with Crippen LogP contribution in [0.1, 0.15) is 16.7 Å². The maximum Gasteiger partial charge on any atom is 0.328 e. The van der Waals surface area contributed by atoms with Crippen LogP contribution in [0.15, 0.2) is 60.7 Å². The van der Waals surface area contributed by atoms with Crippen LogP contribution >= 0.6 is 0 Å². The van der Waals surface area contributed by atoms with Crippen molar-refractivity contribution in [3.8, 4) is 0 Å². The molecular weight excluding hydrogens is 224 g/mol. The van der Waals surface area contributed by atoms with E-state index in [4.69, 9.17) is 5.11 Å². The fourth-order valence-electron chi connectivity index (χ4n) is 1.81. The Morgan fingerprint density at radius 2 is 1.72 bits per heavy atom. The summed E-state index contributed by atoms with van der Waals surface area (Å²) in [5, 5.41) is 8.59. The van der Waals surface area contributed by atoms with Crippen LogP contribution in [0.2, 0.25) is 0 Å². The third-order valence-corrected chi connectivity index (χ3v) is 2.62. The minimum absolute atomic E-state index is 0.857. The van der Waals surface area contributed by atoms with Crippen molar-refractivity contribution in [1.29, 1.82) is 0 Å². The molecule has 0 bridgehead atoms. The van der Waals surface area contributed by atoms with Crippen LogP contribution in [0.25, 0.3) is 6.08 Å². The molecule has 0 aliphatic carbocycles. The maximum absolute atomic E-state index is 10.5. The Hall–Kier alpha value is -2.35. The second-order valence-electron chi connectivity index (χ2n) is 4.08. The standard InChI is InChI=1S/C16H14O2/c17-16(18)10-9-14-7-4-8-15(12-14)11-13-5-2-1-3-6-13/h1-10,12H,11H2,(H,17,18). The molecule has 0 unspecified atom stereocenters. The summed E-state index contributed by atoms with van der Waals surface area (Å²) in [6.07, 6.45) is 3.62. The molecule has 2 rings (SSSR count). The molecule has 2 aromatic rings. The lowest BCUT2D eigenvalue weighted by Gasteiger charge is -2.03. The Morgan fingerprint density at radius 1 is 1.00 bits per heavy atom. The molecule has 18 heavy (non-hydrogen) atoms. The normalized spacial score (nSPS) is 10.7. The predicted molar refractivity (Wildman–Crippen MR) is 72.4 cm³/mol. The Labute approximate surface area is 106 Å². The van der Waals surface area contributed by atoms with E-state index in [1.54, 1.807) is 6.08 Å². The van der Waals surface area contributed by atoms with Gasteiger partial charge in [-0.1, -0.05) is 54.6 Å². The van der Waals surface area contributed by atoms with Gasteiger partial charge in [0.1, 0.15) is 0 Å². The van der Waals surface area contributed by atoms with E-state index in [2.05, 4.69) is 12.1 Å². The Morgan fingerprint density at radius 3 is 2.44 bits per heavy atom. The van der Waals surface area contributed by atoms with Crippen molar-refractivity contribution >= 4 is 12.0 Å². The summed E-state index contributed by atoms with van der Waals surface area (Å²) in [4.78, 5) is 10.5. The molecule has 2 nitrogen and oxygen atoms in total. The van der Waals surface area contributed by atoms with Crippen molar-refractivity contribution in [2.45, 2.75) is 6.42 Å². The first-order chi connectivity index (χ1) is 8.74. The van der Waals surface area contributed by atoms with Gasteiger partial charge >= 0.3 is 5.97 Å². The maximum atomic E-state index is 10.5. The van der Waals surface area contributed by atoms with Gasteiger partial charge < -0.3 is 5.11 Å². The van der Waals surface area contributed by atoms with Gasteiger partial charge in [0.2, 0.25) is 0 Å². The molecule has 2 heteroatoms. The molecule has 0 saturated carbocycles. The van der Waals surface area contributed by atoms with Crippen molar-refractivity contribution in [2.75, 3.05) is 0 Å². The second-order valence-corrected chi connectivity index (χ2v) is 4.08. The minimum atomic E-state index is -0.927. The molecule has 1 N–H and O–H groups in total. The summed E-state index contributed by atoms with van der Waals surface area (Å²) in [6, 6.07) is 18.1. The van der Waals surface area contributed by atoms with Crippen molar-refractivity contribution in [3.63, 3.8) is 0 Å². The van der Waals surface area contributed by atoms with Gasteiger partial charge in [-0.3, -0.25) is 0 Å². The Balaban J connectivity index is 2.15. The van der Waals surface area contributed by atoms with Crippen LogP contribution in [0.4, 0.5) is 0 Å². The summed E-state index contributed by atoms with van der Waals surface area (Å²) in [5.74, 6) is -0.927. The number of carboxylic acid groups (broad SMARTS) is 1. The molecule has 0 heterocycles. The highest BCUT2D eigenvalue weighted by Gasteiger charge is 1.97. The molecular formula is C16H14O2. The SMILES string of the molecule is O=C(O)C=Cc1cccc(Cc2ccccc2)c1. The zero-order chi connectivity index (χ0) is 12.8. The Bertz CT molecular complexity index is 556. The lowest BCUT2D eigenvalue weighted by molar-refractivity contribution is -0.131. The van der Waals surface area contributed by atoms with Crippen LogP contribution in [0.3, 0.4) is 0 Å². The average molecular weight is 238 g/mol. The van der Waals surface area contributed by atoms with Gasteiger partial charge in [0.15, 0.2) is 0 Å². The van der Waals surface area contributed by atoms with Crippen molar-refractivity contribution in [3.05, 3.63) is 77.4 Å². The number of rotatable bonds is 4. The lowest BCUT2D eigenvalue weighted by atomic mass is 10.0. The number of hydrogen-bond donors (Lipinski definition) is 1. The summed E-state index contributed by atoms with van der Waals surface area (Å²) >= 11 is 0. The highest BCUT2D eigenvalue weighted by Crippen LogP contribution is 2.12. The van der Waals surface area contributed by atoms with Gasteiger partial charge in [-0.15, -0.1) is 0 Å². The van der Waals surface area contributed by atoms with E-state index in [0.717, 1.165) is 18.1 Å². The summed E-state index contributed by atoms with van der Waals surface area (Å²) in [6.45, 7) is 0. The van der Waals surface area contributed by atoms with Crippen molar-refractivity contribution in [2.24, 2.45) is 0 Å². The molecule has 0 radical (unpaired) electrons. The van der Waals surface area contributed by atoms with Gasteiger partial charge in [0.25, 0.3) is 0 Å². The molecule has 0 aliphatic rings. The van der Waals surface area contributed by atoms with Crippen LogP contribution in [-0.4, -0.2) is 11.1 Å². The molecule has 0 fully saturated rings. The molecule has 0 atom stereocenters. The first kappa shape index (κ1) is 12.1. The quantitative estimate of drug-likeness (QED) is 0.829. The van der Waals surface area contributed by atoms with E-state index in [9.17, 15) is 4.79 Å². The second kappa shape index (κ2) is 5.82. The molecule has 0 aliphatic heterocycles. The van der Waals surface area contributed by atoms with Gasteiger partial charge in [-0.05, 0) is 29.2 Å². The van der Waals surface area contributed by atoms with Gasteiger partial charge in [0, 0.05) is 6.08 Å². The highest BCUT2D eigenvalue weighted by atomic mass is 16.4. The molecule has 0 saturated heterocycles. The third kappa shape index (κ3) is 3.59. The monoisotopic (exact) mass is 238 g/mol.